The highest BCUT2D eigenvalue weighted by Gasteiger charge is 2.25. The van der Waals surface area contributed by atoms with Crippen LogP contribution in [0.2, 0.25) is 5.02 Å². The van der Waals surface area contributed by atoms with E-state index >= 15 is 0 Å². The van der Waals surface area contributed by atoms with Gasteiger partial charge in [0.05, 0.1) is 5.25 Å². The summed E-state index contributed by atoms with van der Waals surface area (Å²) in [4.78, 5) is 4.91. The Kier molecular flexibility index (Phi) is 16.5. The van der Waals surface area contributed by atoms with Crippen LogP contribution in [0.25, 0.3) is 0 Å². The van der Waals surface area contributed by atoms with Crippen molar-refractivity contribution in [2.45, 2.75) is 63.9 Å². The van der Waals surface area contributed by atoms with Crippen molar-refractivity contribution in [1.82, 2.24) is 0 Å². The molecule has 0 aliphatic rings. The van der Waals surface area contributed by atoms with Crippen molar-refractivity contribution in [2.75, 3.05) is 6.61 Å². The zero-order valence-corrected chi connectivity index (χ0v) is 24.2. The van der Waals surface area contributed by atoms with Crippen molar-refractivity contribution in [2.24, 2.45) is 5.92 Å². The molecule has 37 heavy (non-hydrogen) atoms. The molecule has 3 unspecified atom stereocenters. The third-order valence-corrected chi connectivity index (χ3v) is 6.77. The van der Waals surface area contributed by atoms with Crippen molar-refractivity contribution in [1.29, 1.82) is 0 Å². The molecule has 2 aromatic rings. The Morgan fingerprint density at radius 2 is 1.78 bits per heavy atom. The second-order valence-corrected chi connectivity index (χ2v) is 10.1. The minimum Gasteiger partial charge on any atom is -0.368 e. The Bertz CT molecular complexity index is 1030. The number of aliphatic hydroxyl groups is 1. The molecule has 0 bridgehead atoms. The van der Waals surface area contributed by atoms with Gasteiger partial charge in [0.25, 0.3) is 0 Å². The fourth-order valence-corrected chi connectivity index (χ4v) is 4.78. The van der Waals surface area contributed by atoms with Crippen LogP contribution in [0.3, 0.4) is 0 Å². The normalized spacial score (nSPS) is 14.6. The molecule has 1 N–H and O–H groups in total. The number of hydrogen-bond acceptors (Lipinski definition) is 4. The van der Waals surface area contributed by atoms with Crippen LogP contribution < -0.4 is 4.94 Å². The number of thioether (sulfide) groups is 1. The first-order chi connectivity index (χ1) is 17.7. The first-order valence-electron chi connectivity index (χ1n) is 12.2. The zero-order chi connectivity index (χ0) is 27.8. The van der Waals surface area contributed by atoms with Crippen LogP contribution in [0.1, 0.15) is 58.3 Å². The molecule has 3 nitrogen and oxygen atoms in total. The second kappa shape index (κ2) is 18.4. The van der Waals surface area contributed by atoms with Gasteiger partial charge in [0, 0.05) is 38.1 Å². The molecule has 0 amide bonds. The number of allylic oxidation sites excluding steroid dienone is 4. The third-order valence-electron chi connectivity index (χ3n) is 4.80. The van der Waals surface area contributed by atoms with E-state index in [0.717, 1.165) is 11.0 Å². The first-order valence-corrected chi connectivity index (χ1v) is 13.8. The zero-order valence-electron chi connectivity index (χ0n) is 21.9. The molecule has 0 aliphatic carbocycles. The van der Waals surface area contributed by atoms with Crippen molar-refractivity contribution < 1.29 is 23.7 Å². The molecule has 0 saturated carbocycles. The van der Waals surface area contributed by atoms with Crippen molar-refractivity contribution >= 4 is 35.0 Å². The number of halogens is 4. The van der Waals surface area contributed by atoms with Gasteiger partial charge in [-0.05, 0) is 67.8 Å². The minimum absolute atomic E-state index is 0.0950. The van der Waals surface area contributed by atoms with E-state index in [-0.39, 0.29) is 11.7 Å². The number of hydrogen-bond donors (Lipinski definition) is 1. The van der Waals surface area contributed by atoms with Gasteiger partial charge in [-0.1, -0.05) is 74.7 Å². The van der Waals surface area contributed by atoms with Crippen LogP contribution in [0.15, 0.2) is 82.3 Å². The lowest BCUT2D eigenvalue weighted by Crippen LogP contribution is -2.10. The van der Waals surface area contributed by atoms with E-state index in [2.05, 4.69) is 18.8 Å². The SMILES string of the molecule is C/C=C(Cl)\C(=C/C(C)/C=C\CC(O)OCC)C(Sc1ccc(Cl)cc1)c1cc(F)ccc1OF.CCC. The molecular weight excluding hydrogens is 537 g/mol. The van der Waals surface area contributed by atoms with Crippen LogP contribution in [0.4, 0.5) is 8.92 Å². The second-order valence-electron chi connectivity index (χ2n) is 8.11. The Morgan fingerprint density at radius 3 is 2.35 bits per heavy atom. The lowest BCUT2D eigenvalue weighted by molar-refractivity contribution is -0.0911. The standard InChI is InChI=1S/C26H28Cl2F2O3S.C3H8/c1-4-23(28)21(15-17(3)7-6-8-25(31)32-5-2)26(34-20-12-9-18(27)10-13-20)22-16-19(29)11-14-24(22)33-30;1-3-2/h4,6-7,9-17,25-26,31H,5,8H2,1-3H3;3H2,1-2H3/b7-6-,21-15+,23-4+;. The van der Waals surface area contributed by atoms with E-state index in [1.165, 1.54) is 30.3 Å². The average molecular weight is 574 g/mol. The van der Waals surface area contributed by atoms with E-state index in [9.17, 15) is 14.0 Å². The molecule has 2 aromatic carbocycles. The molecule has 0 saturated heterocycles. The first kappa shape index (κ1) is 33.2. The summed E-state index contributed by atoms with van der Waals surface area (Å²) < 4.78 is 32.8. The van der Waals surface area contributed by atoms with E-state index < -0.39 is 17.4 Å². The van der Waals surface area contributed by atoms with Crippen molar-refractivity contribution in [3.63, 3.8) is 0 Å². The average Bonchev–Trinajstić information content (AvgIpc) is 2.87. The van der Waals surface area contributed by atoms with Crippen LogP contribution in [-0.4, -0.2) is 18.0 Å². The predicted molar refractivity (Wildman–Crippen MR) is 152 cm³/mol. The Balaban J connectivity index is 0.00000217. The maximum atomic E-state index is 14.2. The highest BCUT2D eigenvalue weighted by atomic mass is 35.5. The molecule has 204 valence electrons. The minimum atomic E-state index is -0.874. The Hall–Kier alpha value is -1.83. The van der Waals surface area contributed by atoms with Gasteiger partial charge in [-0.3, -0.25) is 4.94 Å². The molecule has 0 spiro atoms. The van der Waals surface area contributed by atoms with Crippen molar-refractivity contribution in [3.05, 3.63) is 93.8 Å². The fourth-order valence-electron chi connectivity index (χ4n) is 3.21. The van der Waals surface area contributed by atoms with Crippen LogP contribution in [0, 0.1) is 11.7 Å². The lowest BCUT2D eigenvalue weighted by atomic mass is 9.98. The topological polar surface area (TPSA) is 38.7 Å². The molecule has 0 aromatic heterocycles. The number of rotatable bonds is 12. The summed E-state index contributed by atoms with van der Waals surface area (Å²) >= 11 is 14.0. The maximum absolute atomic E-state index is 14.2. The van der Waals surface area contributed by atoms with Gasteiger partial charge in [-0.2, -0.15) is 0 Å². The summed E-state index contributed by atoms with van der Waals surface area (Å²) in [7, 11) is 0. The summed E-state index contributed by atoms with van der Waals surface area (Å²) in [5.41, 5.74) is 0.965. The van der Waals surface area contributed by atoms with Gasteiger partial charge in [-0.25, -0.2) is 4.39 Å². The fraction of sp³-hybridized carbons (Fsp3) is 0.379. The predicted octanol–water partition coefficient (Wildman–Crippen LogP) is 10.00. The van der Waals surface area contributed by atoms with E-state index in [1.807, 2.05) is 44.2 Å². The van der Waals surface area contributed by atoms with Gasteiger partial charge < -0.3 is 9.84 Å². The van der Waals surface area contributed by atoms with E-state index in [1.54, 1.807) is 25.1 Å². The summed E-state index contributed by atoms with van der Waals surface area (Å²) in [5, 5.41) is 10.2. The number of benzene rings is 2. The molecule has 3 atom stereocenters. The molecule has 0 heterocycles. The highest BCUT2D eigenvalue weighted by Crippen LogP contribution is 2.48. The molecular formula is C29H36Cl2F2O3S. The molecule has 0 aliphatic heterocycles. The van der Waals surface area contributed by atoms with Gasteiger partial charge >= 0.3 is 0 Å². The molecule has 0 fully saturated rings. The van der Waals surface area contributed by atoms with Gasteiger partial charge in [0.2, 0.25) is 0 Å². The highest BCUT2D eigenvalue weighted by molar-refractivity contribution is 7.99. The van der Waals surface area contributed by atoms with Crippen LogP contribution >= 0.6 is 35.0 Å². The van der Waals surface area contributed by atoms with Crippen LogP contribution in [-0.2, 0) is 4.74 Å². The van der Waals surface area contributed by atoms with Gasteiger partial charge in [-0.15, -0.1) is 11.8 Å². The van der Waals surface area contributed by atoms with Crippen molar-refractivity contribution in [3.8, 4) is 5.75 Å². The maximum Gasteiger partial charge on any atom is 0.176 e. The third kappa shape index (κ3) is 12.1. The van der Waals surface area contributed by atoms with Gasteiger partial charge in [0.1, 0.15) is 5.82 Å². The number of ether oxygens (including phenoxy) is 1. The quantitative estimate of drug-likeness (QED) is 0.119. The smallest absolute Gasteiger partial charge is 0.176 e. The monoisotopic (exact) mass is 572 g/mol. The van der Waals surface area contributed by atoms with Gasteiger partial charge in [0.15, 0.2) is 12.0 Å². The Morgan fingerprint density at radius 1 is 1.14 bits per heavy atom. The lowest BCUT2D eigenvalue weighted by Gasteiger charge is -2.23. The van der Waals surface area contributed by atoms with E-state index in [0.29, 0.717) is 34.2 Å². The molecule has 2 rings (SSSR count). The largest absolute Gasteiger partial charge is 0.368 e. The summed E-state index contributed by atoms with van der Waals surface area (Å²) in [6.45, 7) is 10.2. The molecule has 0 radical (unpaired) electrons. The van der Waals surface area contributed by atoms with Crippen LogP contribution in [0.5, 0.6) is 5.75 Å². The Labute approximate surface area is 234 Å². The molecule has 8 heteroatoms. The summed E-state index contributed by atoms with van der Waals surface area (Å²) in [5.74, 6) is -0.720. The summed E-state index contributed by atoms with van der Waals surface area (Å²) in [6, 6.07) is 10.8. The number of aliphatic hydroxyl groups excluding tert-OH is 1. The summed E-state index contributed by atoms with van der Waals surface area (Å²) in [6.07, 6.45) is 8.10. The van der Waals surface area contributed by atoms with E-state index in [4.69, 9.17) is 27.9 Å².